The minimum Gasteiger partial charge on any atom is -0.393 e. The van der Waals surface area contributed by atoms with Gasteiger partial charge in [0.2, 0.25) is 0 Å². The molecule has 27 heavy (non-hydrogen) atoms. The molecule has 0 heterocycles. The van der Waals surface area contributed by atoms with E-state index in [0.717, 1.165) is 12.0 Å². The second-order valence-electron chi connectivity index (χ2n) is 7.26. The Hall–Kier alpha value is -2.90. The minimum absolute atomic E-state index is 0.0811. The van der Waals surface area contributed by atoms with Crippen molar-refractivity contribution >= 4 is 27.6 Å². The van der Waals surface area contributed by atoms with Crippen LogP contribution < -0.4 is 0 Å². The molecule has 4 rings (SSSR count). The fraction of sp³-hybridized carbons (Fsp3) is 0.154. The Morgan fingerprint density at radius 3 is 2.00 bits per heavy atom. The van der Waals surface area contributed by atoms with E-state index < -0.39 is 6.10 Å². The lowest BCUT2D eigenvalue weighted by Crippen LogP contribution is -2.16. The van der Waals surface area contributed by atoms with Gasteiger partial charge in [0.25, 0.3) is 0 Å². The van der Waals surface area contributed by atoms with Crippen LogP contribution in [0.2, 0.25) is 0 Å². The van der Waals surface area contributed by atoms with Crippen LogP contribution in [0.15, 0.2) is 91.0 Å². The van der Waals surface area contributed by atoms with Crippen molar-refractivity contribution in [3.05, 3.63) is 102 Å². The Bertz CT molecular complexity index is 1090. The summed E-state index contributed by atoms with van der Waals surface area (Å²) in [6.07, 6.45) is 4.70. The first kappa shape index (κ1) is 17.5. The van der Waals surface area contributed by atoms with E-state index in [4.69, 9.17) is 0 Å². The van der Waals surface area contributed by atoms with Crippen LogP contribution in [0.25, 0.3) is 27.6 Å². The highest BCUT2D eigenvalue weighted by Gasteiger charge is 2.13. The maximum absolute atomic E-state index is 10.3. The zero-order valence-electron chi connectivity index (χ0n) is 15.5. The van der Waals surface area contributed by atoms with E-state index in [2.05, 4.69) is 97.1 Å². The van der Waals surface area contributed by atoms with Crippen molar-refractivity contribution in [3.63, 3.8) is 0 Å². The molecule has 2 atom stereocenters. The lowest BCUT2D eigenvalue weighted by Gasteiger charge is -2.16. The van der Waals surface area contributed by atoms with E-state index in [1.54, 1.807) is 0 Å². The molecule has 0 fully saturated rings. The first-order valence-corrected chi connectivity index (χ1v) is 9.52. The molecule has 0 spiro atoms. The smallest absolute Gasteiger partial charge is 0.0577 e. The van der Waals surface area contributed by atoms with Crippen molar-refractivity contribution in [1.29, 1.82) is 0 Å². The van der Waals surface area contributed by atoms with Gasteiger partial charge in [-0.05, 0) is 52.1 Å². The average molecular weight is 352 g/mol. The van der Waals surface area contributed by atoms with E-state index in [9.17, 15) is 5.11 Å². The molecule has 0 bridgehead atoms. The van der Waals surface area contributed by atoms with Crippen LogP contribution in [0.3, 0.4) is 0 Å². The number of benzene rings is 4. The predicted octanol–water partition coefficient (Wildman–Crippen LogP) is 6.25. The second kappa shape index (κ2) is 7.77. The topological polar surface area (TPSA) is 20.2 Å². The van der Waals surface area contributed by atoms with Gasteiger partial charge in [-0.15, -0.1) is 0 Å². The molecule has 134 valence electrons. The molecule has 0 radical (unpaired) electrons. The molecule has 0 saturated heterocycles. The zero-order valence-corrected chi connectivity index (χ0v) is 15.5. The van der Waals surface area contributed by atoms with Gasteiger partial charge in [0.15, 0.2) is 0 Å². The summed E-state index contributed by atoms with van der Waals surface area (Å²) in [6.45, 7) is 1.87. The maximum Gasteiger partial charge on any atom is 0.0577 e. The third-order valence-corrected chi connectivity index (χ3v) is 5.21. The number of aliphatic hydroxyl groups excluding tert-OH is 1. The summed E-state index contributed by atoms with van der Waals surface area (Å²) < 4.78 is 0. The molecule has 1 nitrogen and oxygen atoms in total. The monoisotopic (exact) mass is 352 g/mol. The van der Waals surface area contributed by atoms with Crippen LogP contribution in [0, 0.1) is 5.92 Å². The first-order chi connectivity index (χ1) is 13.2. The molecule has 1 heteroatoms. The van der Waals surface area contributed by atoms with Crippen molar-refractivity contribution in [2.75, 3.05) is 0 Å². The van der Waals surface area contributed by atoms with Crippen LogP contribution in [0.4, 0.5) is 0 Å². The molecular formula is C26H24O. The number of hydrogen-bond donors (Lipinski definition) is 1. The number of fused-ring (bicyclic) bond motifs is 2. The Kier molecular flexibility index (Phi) is 5.04. The average Bonchev–Trinajstić information content (AvgIpc) is 2.70. The van der Waals surface area contributed by atoms with Gasteiger partial charge in [-0.25, -0.2) is 0 Å². The van der Waals surface area contributed by atoms with Gasteiger partial charge in [-0.3, -0.25) is 0 Å². The highest BCUT2D eigenvalue weighted by atomic mass is 16.3. The van der Waals surface area contributed by atoms with Crippen LogP contribution in [0.5, 0.6) is 0 Å². The summed E-state index contributed by atoms with van der Waals surface area (Å²) in [5.74, 6) is 0.0811. The molecule has 2 unspecified atom stereocenters. The van der Waals surface area contributed by atoms with E-state index in [0.29, 0.717) is 0 Å². The zero-order chi connectivity index (χ0) is 18.6. The fourth-order valence-corrected chi connectivity index (χ4v) is 3.58. The van der Waals surface area contributed by atoms with Gasteiger partial charge in [-0.2, -0.15) is 0 Å². The molecule has 0 aliphatic heterocycles. The SMILES string of the molecule is CC(O)C(/C=C/c1ccc2ccccc2c1)Cc1ccc2ccccc2c1. The Morgan fingerprint density at radius 1 is 0.741 bits per heavy atom. The minimum atomic E-state index is -0.395. The third kappa shape index (κ3) is 4.10. The molecule has 0 aliphatic rings. The van der Waals surface area contributed by atoms with Crippen molar-refractivity contribution < 1.29 is 5.11 Å². The first-order valence-electron chi connectivity index (χ1n) is 9.52. The standard InChI is InChI=1S/C26H24O/c1-19(27)24(17-21-12-14-23-7-3-5-9-26(23)18-21)15-11-20-10-13-22-6-2-4-8-25(22)16-20/h2-16,18-19,24,27H,17H2,1H3/b15-11+. The largest absolute Gasteiger partial charge is 0.393 e. The molecule has 0 saturated carbocycles. The summed E-state index contributed by atoms with van der Waals surface area (Å²) in [4.78, 5) is 0. The molecule has 0 aromatic heterocycles. The molecule has 4 aromatic carbocycles. The van der Waals surface area contributed by atoms with Crippen LogP contribution in [-0.4, -0.2) is 11.2 Å². The number of hydrogen-bond acceptors (Lipinski definition) is 1. The van der Waals surface area contributed by atoms with Gasteiger partial charge in [0.1, 0.15) is 0 Å². The van der Waals surface area contributed by atoms with Gasteiger partial charge in [0, 0.05) is 5.92 Å². The molecule has 1 N–H and O–H groups in total. The molecule has 4 aromatic rings. The molecule has 0 amide bonds. The van der Waals surface area contributed by atoms with Gasteiger partial charge in [0.05, 0.1) is 6.10 Å². The maximum atomic E-state index is 10.3. The summed E-state index contributed by atoms with van der Waals surface area (Å²) in [5, 5.41) is 15.3. The summed E-state index contributed by atoms with van der Waals surface area (Å²) in [6, 6.07) is 29.8. The lowest BCUT2D eigenvalue weighted by atomic mass is 9.92. The van der Waals surface area contributed by atoms with Crippen LogP contribution in [0.1, 0.15) is 18.1 Å². The molecule has 0 aliphatic carbocycles. The summed E-state index contributed by atoms with van der Waals surface area (Å²) in [7, 11) is 0. The fourth-order valence-electron chi connectivity index (χ4n) is 3.58. The van der Waals surface area contributed by atoms with Gasteiger partial charge in [-0.1, -0.05) is 91.0 Å². The summed E-state index contributed by atoms with van der Waals surface area (Å²) in [5.41, 5.74) is 2.42. The Balaban J connectivity index is 1.56. The predicted molar refractivity (Wildman–Crippen MR) is 116 cm³/mol. The van der Waals surface area contributed by atoms with Gasteiger partial charge >= 0.3 is 0 Å². The highest BCUT2D eigenvalue weighted by molar-refractivity contribution is 5.85. The van der Waals surface area contributed by atoms with Crippen LogP contribution in [-0.2, 0) is 6.42 Å². The lowest BCUT2D eigenvalue weighted by molar-refractivity contribution is 0.149. The van der Waals surface area contributed by atoms with Gasteiger partial charge < -0.3 is 5.11 Å². The van der Waals surface area contributed by atoms with E-state index in [1.165, 1.54) is 27.1 Å². The summed E-state index contributed by atoms with van der Waals surface area (Å²) >= 11 is 0. The Morgan fingerprint density at radius 2 is 1.33 bits per heavy atom. The van der Waals surface area contributed by atoms with Crippen molar-refractivity contribution in [3.8, 4) is 0 Å². The quantitative estimate of drug-likeness (QED) is 0.450. The number of rotatable bonds is 5. The number of aliphatic hydroxyl groups is 1. The van der Waals surface area contributed by atoms with Crippen molar-refractivity contribution in [1.82, 2.24) is 0 Å². The van der Waals surface area contributed by atoms with E-state index >= 15 is 0 Å². The Labute approximate surface area is 160 Å². The normalized spacial score (nSPS) is 14.0. The van der Waals surface area contributed by atoms with Crippen LogP contribution >= 0.6 is 0 Å². The second-order valence-corrected chi connectivity index (χ2v) is 7.26. The molecular weight excluding hydrogens is 328 g/mol. The third-order valence-electron chi connectivity index (χ3n) is 5.21. The van der Waals surface area contributed by atoms with E-state index in [-0.39, 0.29) is 5.92 Å². The van der Waals surface area contributed by atoms with Crippen molar-refractivity contribution in [2.45, 2.75) is 19.4 Å². The highest BCUT2D eigenvalue weighted by Crippen LogP contribution is 2.22. The van der Waals surface area contributed by atoms with Crippen molar-refractivity contribution in [2.24, 2.45) is 5.92 Å². The van der Waals surface area contributed by atoms with E-state index in [1.807, 2.05) is 6.92 Å².